The van der Waals surface area contributed by atoms with Crippen LogP contribution in [0, 0.1) is 0 Å². The van der Waals surface area contributed by atoms with E-state index in [1.165, 1.54) is 6.33 Å². The van der Waals surface area contributed by atoms with Crippen LogP contribution in [0.4, 0.5) is 0 Å². The van der Waals surface area contributed by atoms with Crippen molar-refractivity contribution in [1.82, 2.24) is 19.6 Å². The lowest BCUT2D eigenvalue weighted by Gasteiger charge is -2.00. The number of nitrogens with zero attached hydrogens (tertiary/aromatic N) is 4. The Morgan fingerprint density at radius 1 is 1.00 bits per heavy atom. The Hall–Kier alpha value is -2.23. The minimum absolute atomic E-state index is 1.02. The van der Waals surface area contributed by atoms with Gasteiger partial charge in [0.05, 0.1) is 5.52 Å². The molecule has 0 aromatic carbocycles. The summed E-state index contributed by atoms with van der Waals surface area (Å²) in [6, 6.07) is 6.03. The number of pyridine rings is 1. The maximum absolute atomic E-state index is 4.14. The zero-order valence-electron chi connectivity index (χ0n) is 7.91. The molecule has 4 heteroatoms. The van der Waals surface area contributed by atoms with Gasteiger partial charge in [-0.3, -0.25) is 0 Å². The molecule has 3 aromatic heterocycles. The van der Waals surface area contributed by atoms with Crippen LogP contribution in [0.25, 0.3) is 16.6 Å². The van der Waals surface area contributed by atoms with E-state index in [2.05, 4.69) is 21.1 Å². The molecule has 0 saturated heterocycles. The summed E-state index contributed by atoms with van der Waals surface area (Å²) in [7, 11) is 0. The summed E-state index contributed by atoms with van der Waals surface area (Å²) in [4.78, 5) is 7.99. The molecule has 0 bridgehead atoms. The van der Waals surface area contributed by atoms with E-state index in [-0.39, 0.29) is 0 Å². The molecule has 0 atom stereocenters. The van der Waals surface area contributed by atoms with Gasteiger partial charge in [-0.05, 0) is 23.8 Å². The Balaban J connectivity index is 2.19. The molecular formula is C11H8N4. The second kappa shape index (κ2) is 3.16. The number of rotatable bonds is 1. The summed E-state index contributed by atoms with van der Waals surface area (Å²) in [5.41, 5.74) is 3.18. The lowest BCUT2D eigenvalue weighted by molar-refractivity contribution is 0.961. The topological polar surface area (TPSA) is 43.1 Å². The smallest absolute Gasteiger partial charge is 0.115 e. The number of aromatic nitrogens is 4. The molecule has 3 rings (SSSR count). The first-order chi connectivity index (χ1) is 7.43. The van der Waals surface area contributed by atoms with Gasteiger partial charge in [-0.2, -0.15) is 5.10 Å². The van der Waals surface area contributed by atoms with Gasteiger partial charge in [0.1, 0.15) is 6.33 Å². The highest BCUT2D eigenvalue weighted by atomic mass is 15.2. The molecule has 0 aliphatic heterocycles. The summed E-state index contributed by atoms with van der Waals surface area (Å²) in [6.45, 7) is 0. The average Bonchev–Trinajstić information content (AvgIpc) is 2.77. The fourth-order valence-corrected chi connectivity index (χ4v) is 1.55. The fourth-order valence-electron chi connectivity index (χ4n) is 1.55. The van der Waals surface area contributed by atoms with Crippen molar-refractivity contribution < 1.29 is 0 Å². The van der Waals surface area contributed by atoms with Gasteiger partial charge in [0.25, 0.3) is 0 Å². The van der Waals surface area contributed by atoms with Crippen LogP contribution in [0.5, 0.6) is 0 Å². The van der Waals surface area contributed by atoms with Gasteiger partial charge in [0.15, 0.2) is 0 Å². The van der Waals surface area contributed by atoms with Gasteiger partial charge in [-0.25, -0.2) is 14.5 Å². The van der Waals surface area contributed by atoms with Crippen molar-refractivity contribution in [3.05, 3.63) is 49.3 Å². The monoisotopic (exact) mass is 196 g/mol. The minimum Gasteiger partial charge on any atom is -0.244 e. The van der Waals surface area contributed by atoms with E-state index in [4.69, 9.17) is 0 Å². The molecule has 0 spiro atoms. The first-order valence-electron chi connectivity index (χ1n) is 4.62. The molecule has 0 saturated carbocycles. The Morgan fingerprint density at radius 3 is 2.73 bits per heavy atom. The Bertz CT molecular complexity index is 586. The third-order valence-electron chi connectivity index (χ3n) is 2.29. The van der Waals surface area contributed by atoms with Crippen molar-refractivity contribution >= 4 is 5.52 Å². The van der Waals surface area contributed by atoms with E-state index in [1.54, 1.807) is 18.6 Å². The van der Waals surface area contributed by atoms with Crippen LogP contribution in [0.1, 0.15) is 0 Å². The maximum Gasteiger partial charge on any atom is 0.115 e. The van der Waals surface area contributed by atoms with Crippen LogP contribution in [-0.2, 0) is 0 Å². The quantitative estimate of drug-likeness (QED) is 0.596. The summed E-state index contributed by atoms with van der Waals surface area (Å²) >= 11 is 0. The molecule has 3 heterocycles. The molecule has 0 N–H and O–H groups in total. The first kappa shape index (κ1) is 8.11. The highest BCUT2D eigenvalue weighted by Crippen LogP contribution is 2.18. The zero-order chi connectivity index (χ0) is 10.1. The Kier molecular flexibility index (Phi) is 1.71. The van der Waals surface area contributed by atoms with E-state index >= 15 is 0 Å². The summed E-state index contributed by atoms with van der Waals surface area (Å²) in [5, 5.41) is 4.14. The molecule has 3 aromatic rings. The second-order valence-corrected chi connectivity index (χ2v) is 3.24. The number of hydrogen-bond donors (Lipinski definition) is 0. The number of fused-ring (bicyclic) bond motifs is 1. The molecule has 0 unspecified atom stereocenters. The van der Waals surface area contributed by atoms with E-state index in [1.807, 2.05) is 22.8 Å². The third kappa shape index (κ3) is 1.36. The molecular weight excluding hydrogens is 188 g/mol. The minimum atomic E-state index is 1.02. The highest BCUT2D eigenvalue weighted by Gasteiger charge is 1.99. The SMILES string of the molecule is c1ncc(-c2ccn3nccc3c2)cn1. The van der Waals surface area contributed by atoms with Gasteiger partial charge in [-0.1, -0.05) is 0 Å². The van der Waals surface area contributed by atoms with Crippen molar-refractivity contribution in [2.45, 2.75) is 0 Å². The predicted octanol–water partition coefficient (Wildman–Crippen LogP) is 1.79. The van der Waals surface area contributed by atoms with Crippen molar-refractivity contribution in [2.24, 2.45) is 0 Å². The van der Waals surface area contributed by atoms with E-state index < -0.39 is 0 Å². The summed E-state index contributed by atoms with van der Waals surface area (Å²) in [6.07, 6.45) is 8.84. The normalized spacial score (nSPS) is 10.7. The van der Waals surface area contributed by atoms with E-state index in [9.17, 15) is 0 Å². The summed E-state index contributed by atoms with van der Waals surface area (Å²) in [5.74, 6) is 0. The van der Waals surface area contributed by atoms with Crippen LogP contribution in [0.15, 0.2) is 49.3 Å². The zero-order valence-corrected chi connectivity index (χ0v) is 7.91. The molecule has 0 radical (unpaired) electrons. The molecule has 72 valence electrons. The van der Waals surface area contributed by atoms with Crippen LogP contribution < -0.4 is 0 Å². The Labute approximate surface area is 86.2 Å². The lowest BCUT2D eigenvalue weighted by atomic mass is 10.1. The van der Waals surface area contributed by atoms with Gasteiger partial charge in [0, 0.05) is 30.4 Å². The first-order valence-corrected chi connectivity index (χ1v) is 4.62. The van der Waals surface area contributed by atoms with Crippen LogP contribution in [0.3, 0.4) is 0 Å². The summed E-state index contributed by atoms with van der Waals surface area (Å²) < 4.78 is 1.83. The predicted molar refractivity (Wildman–Crippen MR) is 56.2 cm³/mol. The molecule has 0 aliphatic carbocycles. The molecule has 15 heavy (non-hydrogen) atoms. The lowest BCUT2D eigenvalue weighted by Crippen LogP contribution is -1.87. The van der Waals surface area contributed by atoms with Gasteiger partial charge >= 0.3 is 0 Å². The highest BCUT2D eigenvalue weighted by molar-refractivity contribution is 5.67. The van der Waals surface area contributed by atoms with Crippen LogP contribution in [0.2, 0.25) is 0 Å². The standard InChI is InChI=1S/C11H8N4/c1-3-14-15-4-2-9(5-11(1)15)10-6-12-8-13-7-10/h1-8H. The molecule has 0 aliphatic rings. The second-order valence-electron chi connectivity index (χ2n) is 3.24. The fraction of sp³-hybridized carbons (Fsp3) is 0. The van der Waals surface area contributed by atoms with E-state index in [0.717, 1.165) is 16.6 Å². The van der Waals surface area contributed by atoms with Crippen molar-refractivity contribution in [3.8, 4) is 11.1 Å². The van der Waals surface area contributed by atoms with Gasteiger partial charge < -0.3 is 0 Å². The van der Waals surface area contributed by atoms with Gasteiger partial charge in [0.2, 0.25) is 0 Å². The van der Waals surface area contributed by atoms with Crippen LogP contribution in [-0.4, -0.2) is 19.6 Å². The maximum atomic E-state index is 4.14. The van der Waals surface area contributed by atoms with E-state index in [0.29, 0.717) is 0 Å². The third-order valence-corrected chi connectivity index (χ3v) is 2.29. The average molecular weight is 196 g/mol. The van der Waals surface area contributed by atoms with Crippen molar-refractivity contribution in [3.63, 3.8) is 0 Å². The number of hydrogen-bond acceptors (Lipinski definition) is 3. The van der Waals surface area contributed by atoms with Crippen molar-refractivity contribution in [2.75, 3.05) is 0 Å². The van der Waals surface area contributed by atoms with Crippen molar-refractivity contribution in [1.29, 1.82) is 0 Å². The van der Waals surface area contributed by atoms with Crippen LogP contribution >= 0.6 is 0 Å². The molecule has 0 fully saturated rings. The molecule has 4 nitrogen and oxygen atoms in total. The largest absolute Gasteiger partial charge is 0.244 e. The van der Waals surface area contributed by atoms with Gasteiger partial charge in [-0.15, -0.1) is 0 Å². The molecule has 0 amide bonds. The Morgan fingerprint density at radius 2 is 1.87 bits per heavy atom.